The van der Waals surface area contributed by atoms with Gasteiger partial charge in [-0.25, -0.2) is 0 Å². The lowest BCUT2D eigenvalue weighted by atomic mass is 10.1. The average molecular weight is 335 g/mol. The van der Waals surface area contributed by atoms with E-state index in [0.717, 1.165) is 6.42 Å². The van der Waals surface area contributed by atoms with Gasteiger partial charge in [0.1, 0.15) is 5.75 Å². The fraction of sp³-hybridized carbons (Fsp3) is 0.533. The second kappa shape index (κ2) is 8.29. The van der Waals surface area contributed by atoms with Crippen molar-refractivity contribution in [2.75, 3.05) is 13.1 Å². The van der Waals surface area contributed by atoms with Gasteiger partial charge in [0, 0.05) is 18.2 Å². The molecule has 0 aliphatic carbocycles. The lowest BCUT2D eigenvalue weighted by Crippen LogP contribution is -2.35. The quantitative estimate of drug-likeness (QED) is 0.900. The topological polar surface area (TPSA) is 55.6 Å². The maximum atomic E-state index is 12.4. The van der Waals surface area contributed by atoms with Gasteiger partial charge >= 0.3 is 6.61 Å². The Balaban J connectivity index is 0.00000242. The van der Waals surface area contributed by atoms with Crippen molar-refractivity contribution in [2.45, 2.75) is 32.4 Å². The highest BCUT2D eigenvalue weighted by molar-refractivity contribution is 5.85. The molecule has 0 aromatic heterocycles. The summed E-state index contributed by atoms with van der Waals surface area (Å²) < 4.78 is 29.2. The summed E-state index contributed by atoms with van der Waals surface area (Å²) in [5.74, 6) is 0.295. The highest BCUT2D eigenvalue weighted by atomic mass is 35.5. The first-order valence-corrected chi connectivity index (χ1v) is 7.03. The van der Waals surface area contributed by atoms with E-state index in [9.17, 15) is 13.6 Å². The summed E-state index contributed by atoms with van der Waals surface area (Å²) in [5.41, 5.74) is 6.13. The van der Waals surface area contributed by atoms with Crippen LogP contribution in [-0.4, -0.2) is 36.5 Å². The monoisotopic (exact) mass is 334 g/mol. The number of hydrogen-bond acceptors (Lipinski definition) is 3. The SMILES string of the molecule is CC1CC(CN)CN1C(=O)Cc1ccccc1OC(F)F.Cl. The summed E-state index contributed by atoms with van der Waals surface area (Å²) in [4.78, 5) is 14.1. The van der Waals surface area contributed by atoms with Crippen molar-refractivity contribution in [2.24, 2.45) is 11.7 Å². The summed E-state index contributed by atoms with van der Waals surface area (Å²) >= 11 is 0. The van der Waals surface area contributed by atoms with Crippen LogP contribution in [0, 0.1) is 5.92 Å². The minimum atomic E-state index is -2.89. The molecule has 1 aromatic carbocycles. The van der Waals surface area contributed by atoms with E-state index in [1.54, 1.807) is 23.1 Å². The van der Waals surface area contributed by atoms with E-state index in [2.05, 4.69) is 4.74 Å². The molecular weight excluding hydrogens is 314 g/mol. The van der Waals surface area contributed by atoms with Crippen LogP contribution in [0.3, 0.4) is 0 Å². The van der Waals surface area contributed by atoms with Crippen LogP contribution in [0.2, 0.25) is 0 Å². The molecule has 124 valence electrons. The Bertz CT molecular complexity index is 502. The molecule has 2 rings (SSSR count). The standard InChI is InChI=1S/C15H20F2N2O2.ClH/c1-10-6-11(8-18)9-19(10)14(20)7-12-4-2-3-5-13(12)21-15(16)17;/h2-5,10-11,15H,6-9,18H2,1H3;1H. The average Bonchev–Trinajstić information content (AvgIpc) is 2.82. The summed E-state index contributed by atoms with van der Waals surface area (Å²) in [6.45, 7) is 0.275. The Morgan fingerprint density at radius 3 is 2.73 bits per heavy atom. The minimum Gasteiger partial charge on any atom is -0.435 e. The number of carbonyl (C=O) groups is 1. The molecule has 2 atom stereocenters. The van der Waals surface area contributed by atoms with Crippen LogP contribution < -0.4 is 10.5 Å². The second-order valence-corrected chi connectivity index (χ2v) is 5.40. The number of hydrogen-bond donors (Lipinski definition) is 1. The number of amides is 1. The minimum absolute atomic E-state index is 0. The number of para-hydroxylation sites is 1. The smallest absolute Gasteiger partial charge is 0.387 e. The molecule has 2 N–H and O–H groups in total. The lowest BCUT2D eigenvalue weighted by molar-refractivity contribution is -0.131. The van der Waals surface area contributed by atoms with E-state index in [1.165, 1.54) is 6.07 Å². The van der Waals surface area contributed by atoms with Crippen molar-refractivity contribution < 1.29 is 18.3 Å². The normalized spacial score (nSPS) is 20.9. The lowest BCUT2D eigenvalue weighted by Gasteiger charge is -2.22. The molecule has 7 heteroatoms. The Kier molecular flexibility index (Phi) is 7.03. The van der Waals surface area contributed by atoms with E-state index >= 15 is 0 Å². The zero-order valence-corrected chi connectivity index (χ0v) is 13.2. The number of ether oxygens (including phenoxy) is 1. The number of nitrogens with zero attached hydrogens (tertiary/aromatic N) is 1. The molecule has 1 saturated heterocycles. The zero-order valence-electron chi connectivity index (χ0n) is 12.4. The van der Waals surface area contributed by atoms with Crippen LogP contribution in [-0.2, 0) is 11.2 Å². The third-order valence-electron chi connectivity index (χ3n) is 3.85. The molecule has 1 aliphatic heterocycles. The number of benzene rings is 1. The predicted octanol–water partition coefficient (Wildman–Crippen LogP) is 2.45. The van der Waals surface area contributed by atoms with E-state index in [-0.39, 0.29) is 36.5 Å². The predicted molar refractivity (Wildman–Crippen MR) is 82.4 cm³/mol. The van der Waals surface area contributed by atoms with Gasteiger partial charge in [-0.2, -0.15) is 8.78 Å². The van der Waals surface area contributed by atoms with Crippen molar-refractivity contribution in [3.05, 3.63) is 29.8 Å². The summed E-state index contributed by atoms with van der Waals surface area (Å²) in [7, 11) is 0. The molecule has 0 bridgehead atoms. The van der Waals surface area contributed by atoms with Gasteiger partial charge in [-0.3, -0.25) is 4.79 Å². The van der Waals surface area contributed by atoms with Crippen LogP contribution in [0.1, 0.15) is 18.9 Å². The molecule has 1 aromatic rings. The van der Waals surface area contributed by atoms with E-state index in [4.69, 9.17) is 5.73 Å². The molecule has 1 heterocycles. The first-order chi connectivity index (χ1) is 10.0. The third kappa shape index (κ3) is 4.55. The molecule has 22 heavy (non-hydrogen) atoms. The fourth-order valence-electron chi connectivity index (χ4n) is 2.79. The third-order valence-corrected chi connectivity index (χ3v) is 3.85. The van der Waals surface area contributed by atoms with Gasteiger partial charge in [0.15, 0.2) is 0 Å². The van der Waals surface area contributed by atoms with Gasteiger partial charge in [-0.1, -0.05) is 18.2 Å². The van der Waals surface area contributed by atoms with E-state index in [1.807, 2.05) is 6.92 Å². The van der Waals surface area contributed by atoms with Gasteiger partial charge < -0.3 is 15.4 Å². The van der Waals surface area contributed by atoms with Gasteiger partial charge in [-0.05, 0) is 31.9 Å². The number of likely N-dealkylation sites (tertiary alicyclic amines) is 1. The zero-order chi connectivity index (χ0) is 15.4. The first kappa shape index (κ1) is 18.6. The second-order valence-electron chi connectivity index (χ2n) is 5.40. The number of rotatable bonds is 5. The van der Waals surface area contributed by atoms with Crippen molar-refractivity contribution in [3.8, 4) is 5.75 Å². The van der Waals surface area contributed by atoms with Crippen molar-refractivity contribution in [3.63, 3.8) is 0 Å². The van der Waals surface area contributed by atoms with Crippen molar-refractivity contribution >= 4 is 18.3 Å². The summed E-state index contributed by atoms with van der Waals surface area (Å²) in [6.07, 6.45) is 0.946. The largest absolute Gasteiger partial charge is 0.435 e. The first-order valence-electron chi connectivity index (χ1n) is 7.03. The van der Waals surface area contributed by atoms with Crippen LogP contribution in [0.15, 0.2) is 24.3 Å². The fourth-order valence-corrected chi connectivity index (χ4v) is 2.79. The van der Waals surface area contributed by atoms with Gasteiger partial charge in [0.2, 0.25) is 5.91 Å². The van der Waals surface area contributed by atoms with Crippen LogP contribution >= 0.6 is 12.4 Å². The van der Waals surface area contributed by atoms with Crippen LogP contribution in [0.5, 0.6) is 5.75 Å². The number of nitrogens with two attached hydrogens (primary N) is 1. The Hall–Kier alpha value is -1.40. The van der Waals surface area contributed by atoms with Gasteiger partial charge in [0.25, 0.3) is 0 Å². The van der Waals surface area contributed by atoms with Crippen molar-refractivity contribution in [1.29, 1.82) is 0 Å². The van der Waals surface area contributed by atoms with Crippen molar-refractivity contribution in [1.82, 2.24) is 4.90 Å². The number of halogens is 3. The van der Waals surface area contributed by atoms with Crippen LogP contribution in [0.4, 0.5) is 8.78 Å². The Morgan fingerprint density at radius 2 is 2.14 bits per heavy atom. The molecular formula is C15H21ClF2N2O2. The molecule has 1 fully saturated rings. The summed E-state index contributed by atoms with van der Waals surface area (Å²) in [5, 5.41) is 0. The highest BCUT2D eigenvalue weighted by Gasteiger charge is 2.31. The number of carbonyl (C=O) groups excluding carboxylic acids is 1. The molecule has 1 aliphatic rings. The Labute approximate surface area is 135 Å². The Morgan fingerprint density at radius 1 is 1.45 bits per heavy atom. The molecule has 0 radical (unpaired) electrons. The maximum Gasteiger partial charge on any atom is 0.387 e. The highest BCUT2D eigenvalue weighted by Crippen LogP contribution is 2.25. The molecule has 1 amide bonds. The molecule has 2 unspecified atom stereocenters. The van der Waals surface area contributed by atoms with E-state index < -0.39 is 6.61 Å². The van der Waals surface area contributed by atoms with Gasteiger partial charge in [0.05, 0.1) is 6.42 Å². The van der Waals surface area contributed by atoms with Gasteiger partial charge in [-0.15, -0.1) is 12.4 Å². The number of alkyl halides is 2. The van der Waals surface area contributed by atoms with Crippen LogP contribution in [0.25, 0.3) is 0 Å². The summed E-state index contributed by atoms with van der Waals surface area (Å²) in [6, 6.07) is 6.53. The molecule has 4 nitrogen and oxygen atoms in total. The molecule has 0 saturated carbocycles. The molecule has 0 spiro atoms. The van der Waals surface area contributed by atoms with E-state index in [0.29, 0.717) is 24.6 Å². The maximum absolute atomic E-state index is 12.4.